The van der Waals surface area contributed by atoms with Crippen LogP contribution in [-0.4, -0.2) is 17.8 Å². The number of carbonyl (C=O) groups is 3. The molecule has 0 unspecified atom stereocenters. The van der Waals surface area contributed by atoms with Crippen molar-refractivity contribution >= 4 is 41.2 Å². The van der Waals surface area contributed by atoms with Crippen molar-refractivity contribution in [2.75, 3.05) is 4.90 Å². The molecule has 1 saturated heterocycles. The molecule has 1 N–H and O–H groups in total. The monoisotopic (exact) mass is 460 g/mol. The topological polar surface area (TPSA) is 75.7 Å². The van der Waals surface area contributed by atoms with Gasteiger partial charge in [0.15, 0.2) is 0 Å². The SMILES string of the molecule is CCc1ccccc1N1C(=O)NC(=O)/C(=C/c2ccc(OCc3ccccc3Cl)cc2)C1=O. The van der Waals surface area contributed by atoms with E-state index in [-0.39, 0.29) is 5.57 Å². The lowest BCUT2D eigenvalue weighted by atomic mass is 10.0. The van der Waals surface area contributed by atoms with E-state index in [0.29, 0.717) is 35.1 Å². The van der Waals surface area contributed by atoms with Gasteiger partial charge in [-0.2, -0.15) is 0 Å². The molecular weight excluding hydrogens is 440 g/mol. The summed E-state index contributed by atoms with van der Waals surface area (Å²) in [4.78, 5) is 39.0. The van der Waals surface area contributed by atoms with Gasteiger partial charge in [0.1, 0.15) is 17.9 Å². The molecule has 3 aromatic carbocycles. The highest BCUT2D eigenvalue weighted by molar-refractivity contribution is 6.39. The average molecular weight is 461 g/mol. The van der Waals surface area contributed by atoms with Crippen molar-refractivity contribution in [1.29, 1.82) is 0 Å². The highest BCUT2D eigenvalue weighted by Crippen LogP contribution is 2.26. The smallest absolute Gasteiger partial charge is 0.335 e. The molecule has 7 heteroatoms. The van der Waals surface area contributed by atoms with Crippen LogP contribution < -0.4 is 15.0 Å². The number of para-hydroxylation sites is 1. The molecule has 3 aromatic rings. The molecule has 1 heterocycles. The number of nitrogens with zero attached hydrogens (tertiary/aromatic N) is 1. The van der Waals surface area contributed by atoms with Crippen molar-refractivity contribution < 1.29 is 19.1 Å². The predicted molar refractivity (Wildman–Crippen MR) is 127 cm³/mol. The van der Waals surface area contributed by atoms with Crippen LogP contribution in [0.25, 0.3) is 6.08 Å². The second-order valence-corrected chi connectivity index (χ2v) is 7.80. The van der Waals surface area contributed by atoms with Gasteiger partial charge in [-0.25, -0.2) is 9.69 Å². The van der Waals surface area contributed by atoms with Crippen molar-refractivity contribution in [2.45, 2.75) is 20.0 Å². The highest BCUT2D eigenvalue weighted by Gasteiger charge is 2.37. The van der Waals surface area contributed by atoms with Gasteiger partial charge in [0.2, 0.25) is 0 Å². The number of ether oxygens (including phenoxy) is 1. The first kappa shape index (κ1) is 22.3. The number of nitrogens with one attached hydrogen (secondary N) is 1. The van der Waals surface area contributed by atoms with E-state index in [1.807, 2.05) is 37.3 Å². The minimum Gasteiger partial charge on any atom is -0.489 e. The maximum absolute atomic E-state index is 13.1. The lowest BCUT2D eigenvalue weighted by Crippen LogP contribution is -2.54. The van der Waals surface area contributed by atoms with Crippen LogP contribution in [0.15, 0.2) is 78.4 Å². The number of amides is 4. The number of hydrogen-bond donors (Lipinski definition) is 1. The Balaban J connectivity index is 1.55. The van der Waals surface area contributed by atoms with E-state index in [4.69, 9.17) is 16.3 Å². The number of aryl methyl sites for hydroxylation is 1. The van der Waals surface area contributed by atoms with Gasteiger partial charge >= 0.3 is 6.03 Å². The first-order valence-corrected chi connectivity index (χ1v) is 10.8. The van der Waals surface area contributed by atoms with Crippen LogP contribution in [0.5, 0.6) is 5.75 Å². The summed E-state index contributed by atoms with van der Waals surface area (Å²) in [6, 6.07) is 20.7. The molecule has 0 atom stereocenters. The summed E-state index contributed by atoms with van der Waals surface area (Å²) < 4.78 is 5.77. The van der Waals surface area contributed by atoms with E-state index in [1.165, 1.54) is 6.08 Å². The molecule has 6 nitrogen and oxygen atoms in total. The zero-order valence-electron chi connectivity index (χ0n) is 17.9. The van der Waals surface area contributed by atoms with E-state index in [9.17, 15) is 14.4 Å². The van der Waals surface area contributed by atoms with Gasteiger partial charge in [0.05, 0.1) is 5.69 Å². The molecule has 4 rings (SSSR count). The van der Waals surface area contributed by atoms with Crippen molar-refractivity contribution in [3.63, 3.8) is 0 Å². The van der Waals surface area contributed by atoms with Gasteiger partial charge in [-0.1, -0.05) is 67.1 Å². The number of carbonyl (C=O) groups excluding carboxylic acids is 3. The molecule has 0 saturated carbocycles. The third kappa shape index (κ3) is 4.81. The lowest BCUT2D eigenvalue weighted by Gasteiger charge is -2.27. The van der Waals surface area contributed by atoms with E-state index < -0.39 is 17.8 Å². The Hall–Kier alpha value is -3.90. The van der Waals surface area contributed by atoms with Crippen LogP contribution in [0, 0.1) is 0 Å². The minimum atomic E-state index is -0.758. The standard InChI is InChI=1S/C26H21ClN2O4/c1-2-18-7-4-6-10-23(18)29-25(31)21(24(30)28-26(29)32)15-17-11-13-20(14-12-17)33-16-19-8-3-5-9-22(19)27/h3-15H,2,16H2,1H3,(H,28,30,32)/b21-15-. The highest BCUT2D eigenvalue weighted by atomic mass is 35.5. The number of anilines is 1. The molecule has 1 aliphatic heterocycles. The number of urea groups is 1. The number of rotatable bonds is 6. The Morgan fingerprint density at radius 1 is 0.909 bits per heavy atom. The lowest BCUT2D eigenvalue weighted by molar-refractivity contribution is -0.122. The molecule has 0 bridgehead atoms. The zero-order valence-corrected chi connectivity index (χ0v) is 18.6. The van der Waals surface area contributed by atoms with Gasteiger partial charge < -0.3 is 4.74 Å². The van der Waals surface area contributed by atoms with Crippen molar-refractivity contribution in [3.05, 3.63) is 100 Å². The molecule has 0 aliphatic carbocycles. The third-order valence-electron chi connectivity index (χ3n) is 5.26. The Kier molecular flexibility index (Phi) is 6.56. The summed E-state index contributed by atoms with van der Waals surface area (Å²) in [6.07, 6.45) is 2.10. The van der Waals surface area contributed by atoms with Gasteiger partial charge in [-0.05, 0) is 47.9 Å². The molecule has 4 amide bonds. The first-order chi connectivity index (χ1) is 16.0. The molecule has 33 heavy (non-hydrogen) atoms. The predicted octanol–water partition coefficient (Wildman–Crippen LogP) is 5.15. The molecular formula is C26H21ClN2O4. The fourth-order valence-electron chi connectivity index (χ4n) is 3.51. The maximum atomic E-state index is 13.1. The van der Waals surface area contributed by atoms with Crippen molar-refractivity contribution in [2.24, 2.45) is 0 Å². The molecule has 166 valence electrons. The molecule has 1 aliphatic rings. The van der Waals surface area contributed by atoms with E-state index in [1.54, 1.807) is 42.5 Å². The fraction of sp³-hybridized carbons (Fsp3) is 0.115. The summed E-state index contributed by atoms with van der Waals surface area (Å²) in [7, 11) is 0. The molecule has 0 aromatic heterocycles. The van der Waals surface area contributed by atoms with E-state index in [0.717, 1.165) is 16.0 Å². The van der Waals surface area contributed by atoms with Crippen LogP contribution in [0.4, 0.5) is 10.5 Å². The normalized spacial score (nSPS) is 15.0. The fourth-order valence-corrected chi connectivity index (χ4v) is 3.70. The largest absolute Gasteiger partial charge is 0.489 e. The Morgan fingerprint density at radius 3 is 2.27 bits per heavy atom. The van der Waals surface area contributed by atoms with E-state index in [2.05, 4.69) is 5.32 Å². The number of benzene rings is 3. The number of barbiturate groups is 1. The summed E-state index contributed by atoms with van der Waals surface area (Å²) in [6.45, 7) is 2.25. The van der Waals surface area contributed by atoms with Crippen LogP contribution in [0.3, 0.4) is 0 Å². The molecule has 0 spiro atoms. The van der Waals surface area contributed by atoms with Crippen molar-refractivity contribution in [1.82, 2.24) is 5.32 Å². The van der Waals surface area contributed by atoms with Crippen LogP contribution >= 0.6 is 11.6 Å². The van der Waals surface area contributed by atoms with Crippen LogP contribution in [0.1, 0.15) is 23.6 Å². The Morgan fingerprint density at radius 2 is 1.58 bits per heavy atom. The average Bonchev–Trinajstić information content (AvgIpc) is 2.82. The second-order valence-electron chi connectivity index (χ2n) is 7.39. The summed E-state index contributed by atoms with van der Waals surface area (Å²) in [5, 5.41) is 2.89. The van der Waals surface area contributed by atoms with E-state index >= 15 is 0 Å². The summed E-state index contributed by atoms with van der Waals surface area (Å²) >= 11 is 6.15. The molecule has 0 radical (unpaired) electrons. The minimum absolute atomic E-state index is 0.120. The first-order valence-electron chi connectivity index (χ1n) is 10.4. The number of halogens is 1. The van der Waals surface area contributed by atoms with Gasteiger partial charge in [0, 0.05) is 10.6 Å². The Bertz CT molecular complexity index is 1250. The van der Waals surface area contributed by atoms with Crippen LogP contribution in [0.2, 0.25) is 5.02 Å². The molecule has 1 fully saturated rings. The second kappa shape index (κ2) is 9.71. The number of hydrogen-bond acceptors (Lipinski definition) is 4. The summed E-state index contributed by atoms with van der Waals surface area (Å²) in [5.41, 5.74) is 2.66. The maximum Gasteiger partial charge on any atom is 0.335 e. The zero-order chi connectivity index (χ0) is 23.4. The van der Waals surface area contributed by atoms with Gasteiger partial charge in [0.25, 0.3) is 11.8 Å². The van der Waals surface area contributed by atoms with Crippen LogP contribution in [-0.2, 0) is 22.6 Å². The van der Waals surface area contributed by atoms with Gasteiger partial charge in [-0.15, -0.1) is 0 Å². The quantitative estimate of drug-likeness (QED) is 0.408. The van der Waals surface area contributed by atoms with Gasteiger partial charge in [-0.3, -0.25) is 14.9 Å². The Labute approximate surface area is 196 Å². The summed E-state index contributed by atoms with van der Waals surface area (Å²) in [5.74, 6) is -0.775. The third-order valence-corrected chi connectivity index (χ3v) is 5.63. The number of imide groups is 2. The van der Waals surface area contributed by atoms with Crippen molar-refractivity contribution in [3.8, 4) is 5.75 Å².